The smallest absolute Gasteiger partial charge is 0.255 e. The van der Waals surface area contributed by atoms with E-state index in [9.17, 15) is 4.79 Å². The number of ether oxygens (including phenoxy) is 1. The molecule has 0 bridgehead atoms. The molecule has 136 valence electrons. The summed E-state index contributed by atoms with van der Waals surface area (Å²) < 4.78 is 5.90. The Kier molecular flexibility index (Phi) is 4.11. The second kappa shape index (κ2) is 6.32. The minimum absolute atomic E-state index is 0.0145. The van der Waals surface area contributed by atoms with E-state index in [0.29, 0.717) is 37.8 Å². The molecule has 0 aliphatic carbocycles. The van der Waals surface area contributed by atoms with E-state index in [2.05, 4.69) is 9.97 Å². The number of carbonyl (C=O) groups is 1. The molecule has 0 unspecified atom stereocenters. The molecular formula is C19H23N5O2. The second-order valence-corrected chi connectivity index (χ2v) is 7.32. The third-order valence-corrected chi connectivity index (χ3v) is 5.28. The van der Waals surface area contributed by atoms with E-state index >= 15 is 0 Å². The molecule has 7 nitrogen and oxygen atoms in total. The lowest BCUT2D eigenvalue weighted by Gasteiger charge is -2.35. The molecule has 0 radical (unpaired) electrons. The van der Waals surface area contributed by atoms with E-state index in [-0.39, 0.29) is 11.3 Å². The summed E-state index contributed by atoms with van der Waals surface area (Å²) in [6.45, 7) is 4.42. The fourth-order valence-electron chi connectivity index (χ4n) is 3.84. The first-order chi connectivity index (χ1) is 12.5. The summed E-state index contributed by atoms with van der Waals surface area (Å²) in [6.07, 6.45) is 4.14. The molecule has 0 N–H and O–H groups in total. The van der Waals surface area contributed by atoms with Crippen LogP contribution in [0, 0.1) is 6.92 Å². The number of fused-ring (bicyclic) bond motifs is 2. The lowest BCUT2D eigenvalue weighted by molar-refractivity contribution is 0.0480. The highest BCUT2D eigenvalue weighted by atomic mass is 16.5. The summed E-state index contributed by atoms with van der Waals surface area (Å²) in [5.41, 5.74) is 3.42. The van der Waals surface area contributed by atoms with Gasteiger partial charge >= 0.3 is 0 Å². The highest BCUT2D eigenvalue weighted by Crippen LogP contribution is 2.40. The maximum atomic E-state index is 12.8. The molecule has 4 rings (SSSR count). The number of hydrogen-bond acceptors (Lipinski definition) is 6. The van der Waals surface area contributed by atoms with E-state index in [1.807, 2.05) is 36.9 Å². The van der Waals surface area contributed by atoms with Crippen molar-refractivity contribution in [3.63, 3.8) is 0 Å². The molecule has 2 aliphatic rings. The molecule has 1 saturated heterocycles. The number of anilines is 1. The molecule has 1 amide bonds. The number of likely N-dealkylation sites (tertiary alicyclic amines) is 1. The molecule has 0 saturated carbocycles. The average Bonchev–Trinajstić information content (AvgIpc) is 3.07. The fraction of sp³-hybridized carbons (Fsp3) is 0.474. The molecule has 2 aromatic rings. The fourth-order valence-corrected chi connectivity index (χ4v) is 3.84. The van der Waals surface area contributed by atoms with E-state index in [4.69, 9.17) is 9.72 Å². The Morgan fingerprint density at radius 2 is 2.19 bits per heavy atom. The zero-order valence-corrected chi connectivity index (χ0v) is 15.4. The van der Waals surface area contributed by atoms with Crippen molar-refractivity contribution in [1.82, 2.24) is 19.9 Å². The Morgan fingerprint density at radius 3 is 2.92 bits per heavy atom. The predicted octanol–water partition coefficient (Wildman–Crippen LogP) is 1.56. The first kappa shape index (κ1) is 16.9. The molecule has 7 heteroatoms. The van der Waals surface area contributed by atoms with E-state index in [0.717, 1.165) is 23.4 Å². The van der Waals surface area contributed by atoms with Crippen molar-refractivity contribution in [3.8, 4) is 0 Å². The largest absolute Gasteiger partial charge is 0.376 e. The van der Waals surface area contributed by atoms with Crippen LogP contribution in [0.15, 0.2) is 24.5 Å². The van der Waals surface area contributed by atoms with Crippen molar-refractivity contribution in [2.24, 2.45) is 0 Å². The summed E-state index contributed by atoms with van der Waals surface area (Å²) in [5.74, 6) is 0.722. The van der Waals surface area contributed by atoms with E-state index in [1.165, 1.54) is 0 Å². The minimum Gasteiger partial charge on any atom is -0.376 e. The molecule has 1 atom stereocenters. The first-order valence-corrected chi connectivity index (χ1v) is 8.82. The average molecular weight is 353 g/mol. The standard InChI is InChI=1S/C19H23N5O2/c1-13-15-10-26-12-19(16(15)22-18(21-13)23(2)3)6-8-24(11-19)17(25)14-5-4-7-20-9-14/h4-5,7,9H,6,8,10-12H2,1-3H3/t19-/m0/s1. The Bertz CT molecular complexity index is 839. The van der Waals surface area contributed by atoms with Crippen LogP contribution >= 0.6 is 0 Å². The van der Waals surface area contributed by atoms with Gasteiger partial charge in [0.05, 0.1) is 29.9 Å². The van der Waals surface area contributed by atoms with Gasteiger partial charge in [0.15, 0.2) is 0 Å². The number of rotatable bonds is 2. The third-order valence-electron chi connectivity index (χ3n) is 5.28. The maximum Gasteiger partial charge on any atom is 0.255 e. The van der Waals surface area contributed by atoms with Crippen molar-refractivity contribution < 1.29 is 9.53 Å². The van der Waals surface area contributed by atoms with E-state index < -0.39 is 0 Å². The molecule has 1 fully saturated rings. The number of nitrogens with zero attached hydrogens (tertiary/aromatic N) is 5. The zero-order chi connectivity index (χ0) is 18.3. The minimum atomic E-state index is -0.260. The number of aryl methyl sites for hydroxylation is 1. The summed E-state index contributed by atoms with van der Waals surface area (Å²) in [5, 5.41) is 0. The lowest BCUT2D eigenvalue weighted by Crippen LogP contribution is -2.42. The molecule has 1 spiro atoms. The van der Waals surface area contributed by atoms with Crippen LogP contribution in [-0.4, -0.2) is 59.6 Å². The van der Waals surface area contributed by atoms with Gasteiger partial charge in [-0.3, -0.25) is 9.78 Å². The first-order valence-electron chi connectivity index (χ1n) is 8.82. The van der Waals surface area contributed by atoms with Gasteiger partial charge in [0.25, 0.3) is 5.91 Å². The van der Waals surface area contributed by atoms with Crippen LogP contribution in [0.25, 0.3) is 0 Å². The van der Waals surface area contributed by atoms with Crippen LogP contribution in [-0.2, 0) is 16.8 Å². The van der Waals surface area contributed by atoms with Crippen LogP contribution in [0.2, 0.25) is 0 Å². The monoisotopic (exact) mass is 353 g/mol. The molecular weight excluding hydrogens is 330 g/mol. The van der Waals surface area contributed by atoms with Crippen molar-refractivity contribution in [2.45, 2.75) is 25.4 Å². The zero-order valence-electron chi connectivity index (χ0n) is 15.4. The van der Waals surface area contributed by atoms with Crippen LogP contribution < -0.4 is 4.90 Å². The molecule has 2 aliphatic heterocycles. The maximum absolute atomic E-state index is 12.8. The SMILES string of the molecule is Cc1nc(N(C)C)nc2c1COC[C@@]21CCN(C(=O)c2cccnc2)C1. The number of amides is 1. The van der Waals surface area contributed by atoms with Gasteiger partial charge in [-0.15, -0.1) is 0 Å². The number of carbonyl (C=O) groups excluding carboxylic acids is 1. The van der Waals surface area contributed by atoms with Crippen molar-refractivity contribution in [2.75, 3.05) is 38.7 Å². The van der Waals surface area contributed by atoms with Gasteiger partial charge in [0.1, 0.15) is 0 Å². The van der Waals surface area contributed by atoms with E-state index in [1.54, 1.807) is 18.5 Å². The Morgan fingerprint density at radius 1 is 1.35 bits per heavy atom. The highest BCUT2D eigenvalue weighted by molar-refractivity contribution is 5.94. The second-order valence-electron chi connectivity index (χ2n) is 7.32. The number of aromatic nitrogens is 3. The molecule has 0 aromatic carbocycles. The highest BCUT2D eigenvalue weighted by Gasteiger charge is 2.47. The Labute approximate surface area is 153 Å². The predicted molar refractivity (Wildman–Crippen MR) is 97.2 cm³/mol. The van der Waals surface area contributed by atoms with Gasteiger partial charge in [-0.25, -0.2) is 9.97 Å². The summed E-state index contributed by atoms with van der Waals surface area (Å²) in [4.78, 5) is 30.2. The Hall–Kier alpha value is -2.54. The third kappa shape index (κ3) is 2.72. The van der Waals surface area contributed by atoms with Crippen LogP contribution in [0.4, 0.5) is 5.95 Å². The van der Waals surface area contributed by atoms with Crippen LogP contribution in [0.1, 0.15) is 33.7 Å². The molecule has 26 heavy (non-hydrogen) atoms. The van der Waals surface area contributed by atoms with Crippen LogP contribution in [0.3, 0.4) is 0 Å². The van der Waals surface area contributed by atoms with Gasteiger partial charge in [-0.2, -0.15) is 0 Å². The van der Waals surface area contributed by atoms with Gasteiger partial charge in [-0.05, 0) is 25.5 Å². The van der Waals surface area contributed by atoms with Crippen molar-refractivity contribution in [3.05, 3.63) is 47.0 Å². The molecule has 4 heterocycles. The van der Waals surface area contributed by atoms with Gasteiger partial charge in [-0.1, -0.05) is 0 Å². The number of pyridine rings is 1. The van der Waals surface area contributed by atoms with Crippen molar-refractivity contribution in [1.29, 1.82) is 0 Å². The quantitative estimate of drug-likeness (QED) is 0.816. The van der Waals surface area contributed by atoms with Gasteiger partial charge in [0.2, 0.25) is 5.95 Å². The lowest BCUT2D eigenvalue weighted by atomic mass is 9.80. The van der Waals surface area contributed by atoms with Crippen molar-refractivity contribution >= 4 is 11.9 Å². The van der Waals surface area contributed by atoms with Gasteiger partial charge < -0.3 is 14.5 Å². The normalized spacial score (nSPS) is 21.7. The summed E-state index contributed by atoms with van der Waals surface area (Å²) >= 11 is 0. The number of hydrogen-bond donors (Lipinski definition) is 0. The van der Waals surface area contributed by atoms with Crippen LogP contribution in [0.5, 0.6) is 0 Å². The Balaban J connectivity index is 1.68. The molecule has 2 aromatic heterocycles. The summed E-state index contributed by atoms with van der Waals surface area (Å²) in [6, 6.07) is 3.60. The topological polar surface area (TPSA) is 71.5 Å². The van der Waals surface area contributed by atoms with Gasteiger partial charge in [0, 0.05) is 50.8 Å². The summed E-state index contributed by atoms with van der Waals surface area (Å²) in [7, 11) is 3.89.